The standard InChI is InChI=1S/C18H15F2NO3/c1-11-6-12-4-2-3-5-16(12)21(11)17(22)10-24-18(23)13-7-14(19)9-15(20)8-13/h2-5,7-9,11H,6,10H2,1H3/t11-/m0/s1. The zero-order valence-electron chi connectivity index (χ0n) is 13.0. The van der Waals surface area contributed by atoms with Gasteiger partial charge in [-0.2, -0.15) is 0 Å². The van der Waals surface area contributed by atoms with E-state index in [0.29, 0.717) is 6.07 Å². The lowest BCUT2D eigenvalue weighted by Crippen LogP contribution is -2.38. The average Bonchev–Trinajstić information content (AvgIpc) is 2.87. The summed E-state index contributed by atoms with van der Waals surface area (Å²) in [6, 6.07) is 9.86. The number of carbonyl (C=O) groups excluding carboxylic acids is 2. The van der Waals surface area contributed by atoms with E-state index in [1.807, 2.05) is 31.2 Å². The highest BCUT2D eigenvalue weighted by molar-refractivity contribution is 5.99. The van der Waals surface area contributed by atoms with Gasteiger partial charge in [0.05, 0.1) is 5.56 Å². The Balaban J connectivity index is 1.68. The highest BCUT2D eigenvalue weighted by Gasteiger charge is 2.31. The van der Waals surface area contributed by atoms with Crippen molar-refractivity contribution in [1.82, 2.24) is 0 Å². The van der Waals surface area contributed by atoms with Gasteiger partial charge in [-0.15, -0.1) is 0 Å². The minimum absolute atomic E-state index is 0.0415. The predicted molar refractivity (Wildman–Crippen MR) is 83.7 cm³/mol. The number of anilines is 1. The Morgan fingerprint density at radius 3 is 2.54 bits per heavy atom. The predicted octanol–water partition coefficient (Wildman–Crippen LogP) is 3.10. The van der Waals surface area contributed by atoms with Gasteiger partial charge >= 0.3 is 5.97 Å². The van der Waals surface area contributed by atoms with Crippen molar-refractivity contribution in [2.75, 3.05) is 11.5 Å². The number of rotatable bonds is 3. The number of ether oxygens (including phenoxy) is 1. The van der Waals surface area contributed by atoms with Gasteiger partial charge in [0.15, 0.2) is 6.61 Å². The summed E-state index contributed by atoms with van der Waals surface area (Å²) < 4.78 is 31.2. The molecular weight excluding hydrogens is 316 g/mol. The summed E-state index contributed by atoms with van der Waals surface area (Å²) in [7, 11) is 0. The van der Waals surface area contributed by atoms with Crippen LogP contribution in [0.15, 0.2) is 42.5 Å². The molecule has 1 atom stereocenters. The second kappa shape index (κ2) is 6.39. The quantitative estimate of drug-likeness (QED) is 0.812. The molecule has 0 unspecified atom stereocenters. The Hall–Kier alpha value is -2.76. The van der Waals surface area contributed by atoms with Gasteiger partial charge in [0, 0.05) is 17.8 Å². The highest BCUT2D eigenvalue weighted by Crippen LogP contribution is 2.31. The zero-order valence-corrected chi connectivity index (χ0v) is 13.0. The van der Waals surface area contributed by atoms with Crippen LogP contribution in [0.3, 0.4) is 0 Å². The molecule has 0 N–H and O–H groups in total. The zero-order chi connectivity index (χ0) is 17.3. The molecule has 0 aromatic heterocycles. The Labute approximate surface area is 137 Å². The molecule has 4 nitrogen and oxygen atoms in total. The van der Waals surface area contributed by atoms with Crippen molar-refractivity contribution in [3.05, 3.63) is 65.2 Å². The van der Waals surface area contributed by atoms with E-state index in [9.17, 15) is 18.4 Å². The van der Waals surface area contributed by atoms with Gasteiger partial charge in [-0.25, -0.2) is 13.6 Å². The minimum Gasteiger partial charge on any atom is -0.452 e. The molecule has 6 heteroatoms. The van der Waals surface area contributed by atoms with Gasteiger partial charge in [0.2, 0.25) is 0 Å². The third-order valence-electron chi connectivity index (χ3n) is 3.90. The summed E-state index contributed by atoms with van der Waals surface area (Å²) in [5.74, 6) is -3.08. The molecule has 1 heterocycles. The molecule has 24 heavy (non-hydrogen) atoms. The number of esters is 1. The number of carbonyl (C=O) groups is 2. The molecule has 0 aliphatic carbocycles. The summed E-state index contributed by atoms with van der Waals surface area (Å²) in [6.45, 7) is 1.41. The Morgan fingerprint density at radius 2 is 1.83 bits per heavy atom. The number of nitrogens with zero attached hydrogens (tertiary/aromatic N) is 1. The van der Waals surface area contributed by atoms with E-state index >= 15 is 0 Å². The van der Waals surface area contributed by atoms with E-state index in [4.69, 9.17) is 4.74 Å². The molecule has 1 aliphatic heterocycles. The number of hydrogen-bond donors (Lipinski definition) is 0. The van der Waals surface area contributed by atoms with Crippen molar-refractivity contribution < 1.29 is 23.1 Å². The number of para-hydroxylation sites is 1. The highest BCUT2D eigenvalue weighted by atomic mass is 19.1. The maximum atomic E-state index is 13.1. The van der Waals surface area contributed by atoms with Crippen LogP contribution in [0.2, 0.25) is 0 Å². The van der Waals surface area contributed by atoms with E-state index < -0.39 is 24.2 Å². The smallest absolute Gasteiger partial charge is 0.338 e. The van der Waals surface area contributed by atoms with E-state index in [0.717, 1.165) is 29.8 Å². The normalized spacial score (nSPS) is 16.0. The van der Waals surface area contributed by atoms with Crippen LogP contribution >= 0.6 is 0 Å². The Bertz CT molecular complexity index is 786. The van der Waals surface area contributed by atoms with Crippen molar-refractivity contribution in [2.24, 2.45) is 0 Å². The second-order valence-corrected chi connectivity index (χ2v) is 5.68. The lowest BCUT2D eigenvalue weighted by atomic mass is 10.1. The molecule has 0 bridgehead atoms. The molecule has 0 saturated carbocycles. The first-order chi connectivity index (χ1) is 11.5. The van der Waals surface area contributed by atoms with E-state index in [2.05, 4.69) is 0 Å². The van der Waals surface area contributed by atoms with Crippen molar-refractivity contribution in [3.63, 3.8) is 0 Å². The van der Waals surface area contributed by atoms with Gasteiger partial charge < -0.3 is 9.64 Å². The van der Waals surface area contributed by atoms with Gasteiger partial charge in [0.25, 0.3) is 5.91 Å². The number of amides is 1. The van der Waals surface area contributed by atoms with Gasteiger partial charge in [-0.05, 0) is 37.1 Å². The number of benzene rings is 2. The van der Waals surface area contributed by atoms with Crippen molar-refractivity contribution in [2.45, 2.75) is 19.4 Å². The lowest BCUT2D eigenvalue weighted by Gasteiger charge is -2.22. The topological polar surface area (TPSA) is 46.6 Å². The summed E-state index contributed by atoms with van der Waals surface area (Å²) in [5.41, 5.74) is 1.58. The Kier molecular flexibility index (Phi) is 4.29. The molecule has 0 spiro atoms. The van der Waals surface area contributed by atoms with Crippen LogP contribution in [0.1, 0.15) is 22.8 Å². The molecule has 0 saturated heterocycles. The van der Waals surface area contributed by atoms with Gasteiger partial charge in [-0.1, -0.05) is 18.2 Å². The first-order valence-corrected chi connectivity index (χ1v) is 7.49. The molecule has 2 aromatic carbocycles. The minimum atomic E-state index is -0.943. The fraction of sp³-hybridized carbons (Fsp3) is 0.222. The maximum absolute atomic E-state index is 13.1. The fourth-order valence-corrected chi connectivity index (χ4v) is 2.90. The first-order valence-electron chi connectivity index (χ1n) is 7.49. The van der Waals surface area contributed by atoms with Crippen LogP contribution in [0, 0.1) is 11.6 Å². The van der Waals surface area contributed by atoms with Crippen molar-refractivity contribution in [1.29, 1.82) is 0 Å². The summed E-state index contributed by atoms with van der Waals surface area (Å²) in [4.78, 5) is 25.8. The van der Waals surface area contributed by atoms with Crippen LogP contribution in [-0.4, -0.2) is 24.5 Å². The molecule has 2 aromatic rings. The third-order valence-corrected chi connectivity index (χ3v) is 3.90. The first kappa shape index (κ1) is 16.1. The summed E-state index contributed by atoms with van der Waals surface area (Å²) in [5, 5.41) is 0. The SMILES string of the molecule is C[C@H]1Cc2ccccc2N1C(=O)COC(=O)c1cc(F)cc(F)c1. The van der Waals surface area contributed by atoms with Gasteiger partial charge in [-0.3, -0.25) is 4.79 Å². The van der Waals surface area contributed by atoms with E-state index in [-0.39, 0.29) is 17.5 Å². The largest absolute Gasteiger partial charge is 0.452 e. The summed E-state index contributed by atoms with van der Waals surface area (Å²) in [6.07, 6.45) is 0.727. The van der Waals surface area contributed by atoms with E-state index in [1.165, 1.54) is 0 Å². The molecule has 0 fully saturated rings. The maximum Gasteiger partial charge on any atom is 0.338 e. The Morgan fingerprint density at radius 1 is 1.17 bits per heavy atom. The number of halogens is 2. The molecule has 124 valence electrons. The van der Waals surface area contributed by atoms with Crippen molar-refractivity contribution in [3.8, 4) is 0 Å². The monoisotopic (exact) mass is 331 g/mol. The van der Waals surface area contributed by atoms with Gasteiger partial charge in [0.1, 0.15) is 11.6 Å². The van der Waals surface area contributed by atoms with Crippen LogP contribution in [0.5, 0.6) is 0 Å². The van der Waals surface area contributed by atoms with Crippen LogP contribution in [0.25, 0.3) is 0 Å². The molecule has 0 radical (unpaired) electrons. The molecule has 3 rings (SSSR count). The van der Waals surface area contributed by atoms with Crippen LogP contribution in [-0.2, 0) is 16.0 Å². The second-order valence-electron chi connectivity index (χ2n) is 5.68. The van der Waals surface area contributed by atoms with Crippen molar-refractivity contribution >= 4 is 17.6 Å². The number of fused-ring (bicyclic) bond motifs is 1. The van der Waals surface area contributed by atoms with Crippen LogP contribution in [0.4, 0.5) is 14.5 Å². The third kappa shape index (κ3) is 3.13. The molecular formula is C18H15F2NO3. The number of hydrogen-bond acceptors (Lipinski definition) is 3. The summed E-state index contributed by atoms with van der Waals surface area (Å²) >= 11 is 0. The lowest BCUT2D eigenvalue weighted by molar-refractivity contribution is -0.122. The average molecular weight is 331 g/mol. The molecule has 1 aliphatic rings. The fourth-order valence-electron chi connectivity index (χ4n) is 2.90. The van der Waals surface area contributed by atoms with E-state index in [1.54, 1.807) is 4.90 Å². The molecule has 1 amide bonds. The van der Waals surface area contributed by atoms with Crippen LogP contribution < -0.4 is 4.90 Å².